The van der Waals surface area contributed by atoms with Gasteiger partial charge in [-0.25, -0.2) is 0 Å². The van der Waals surface area contributed by atoms with Crippen molar-refractivity contribution in [3.05, 3.63) is 35.9 Å². The zero-order chi connectivity index (χ0) is 25.6. The molecule has 6 atom stereocenters. The predicted octanol–water partition coefficient (Wildman–Crippen LogP) is 4.17. The standard InChI is InChI=1S/C29H40N2O4/c1-19-23-24(21-15-17-29(23,5)27(21,2)3)31(18-30-19)22(20-12-9-8-10-13-20)14-11-16-28(4,25(32)34-6)26(33)35-7/h8-10,12-13,19,21-24,30H,15-18H2,1-7H3/t19?,21-,22?,23-,24-,29+/m1/s1. The molecule has 6 heteroatoms. The average molecular weight is 481 g/mol. The Balaban J connectivity index is 1.72. The molecule has 2 unspecified atom stereocenters. The number of esters is 2. The molecule has 1 aromatic rings. The molecule has 0 aromatic heterocycles. The summed E-state index contributed by atoms with van der Waals surface area (Å²) in [6, 6.07) is 11.0. The van der Waals surface area contributed by atoms with Crippen LogP contribution in [0.5, 0.6) is 0 Å². The molecule has 190 valence electrons. The number of fused-ring (bicyclic) bond motifs is 5. The van der Waals surface area contributed by atoms with Crippen LogP contribution < -0.4 is 5.32 Å². The minimum atomic E-state index is -1.46. The molecule has 6 nitrogen and oxygen atoms in total. The minimum Gasteiger partial charge on any atom is -0.468 e. The van der Waals surface area contributed by atoms with E-state index >= 15 is 0 Å². The molecule has 1 aliphatic heterocycles. The number of carbonyl (C=O) groups excluding carboxylic acids is 2. The quantitative estimate of drug-likeness (QED) is 0.388. The second-order valence-electron chi connectivity index (χ2n) is 11.6. The molecule has 0 amide bonds. The number of nitrogens with zero attached hydrogens (tertiary/aromatic N) is 1. The molecular weight excluding hydrogens is 440 g/mol. The lowest BCUT2D eigenvalue weighted by molar-refractivity contribution is -0.167. The van der Waals surface area contributed by atoms with Crippen molar-refractivity contribution in [1.82, 2.24) is 10.2 Å². The van der Waals surface area contributed by atoms with Gasteiger partial charge in [0.05, 0.1) is 26.9 Å². The van der Waals surface area contributed by atoms with Gasteiger partial charge in [0.2, 0.25) is 0 Å². The Kier molecular flexibility index (Phi) is 6.81. The first-order chi connectivity index (χ1) is 16.5. The fraction of sp³-hybridized carbons (Fsp3) is 0.655. The van der Waals surface area contributed by atoms with E-state index in [0.29, 0.717) is 23.9 Å². The lowest BCUT2D eigenvalue weighted by Gasteiger charge is -2.52. The van der Waals surface area contributed by atoms with Crippen molar-refractivity contribution in [3.63, 3.8) is 0 Å². The molecule has 0 radical (unpaired) electrons. The summed E-state index contributed by atoms with van der Waals surface area (Å²) in [7, 11) is 2.56. The van der Waals surface area contributed by atoms with Crippen molar-refractivity contribution in [3.8, 4) is 11.8 Å². The van der Waals surface area contributed by atoms with E-state index in [2.05, 4.69) is 61.9 Å². The van der Waals surface area contributed by atoms with Crippen LogP contribution in [0.1, 0.15) is 65.5 Å². The highest BCUT2D eigenvalue weighted by Crippen LogP contribution is 2.70. The van der Waals surface area contributed by atoms with E-state index in [1.165, 1.54) is 34.0 Å². The molecular formula is C29H40N2O4. The number of benzene rings is 1. The van der Waals surface area contributed by atoms with Gasteiger partial charge < -0.3 is 14.8 Å². The highest BCUT2D eigenvalue weighted by atomic mass is 16.5. The molecule has 2 bridgehead atoms. The van der Waals surface area contributed by atoms with Crippen LogP contribution in [0.3, 0.4) is 0 Å². The SMILES string of the molecule is COC(=O)C(C)(CC#CC(c1ccccc1)N1CNC(C)[C@@H]2[C@H]1[C@H]1CC[C@]2(C)C1(C)C)C(=O)OC. The van der Waals surface area contributed by atoms with Gasteiger partial charge in [-0.3, -0.25) is 14.5 Å². The Morgan fingerprint density at radius 1 is 1.17 bits per heavy atom. The third-order valence-corrected chi connectivity index (χ3v) is 9.81. The van der Waals surface area contributed by atoms with Crippen LogP contribution in [0.15, 0.2) is 30.3 Å². The summed E-state index contributed by atoms with van der Waals surface area (Å²) in [5.41, 5.74) is 0.190. The minimum absolute atomic E-state index is 0.0358. The maximum Gasteiger partial charge on any atom is 0.323 e. The summed E-state index contributed by atoms with van der Waals surface area (Å²) in [6.45, 7) is 12.0. The summed E-state index contributed by atoms with van der Waals surface area (Å²) >= 11 is 0. The van der Waals surface area contributed by atoms with E-state index < -0.39 is 17.4 Å². The largest absolute Gasteiger partial charge is 0.468 e. The fourth-order valence-corrected chi connectivity index (χ4v) is 7.41. The van der Waals surface area contributed by atoms with Gasteiger partial charge in [0.25, 0.3) is 0 Å². The molecule has 1 N–H and O–H groups in total. The van der Waals surface area contributed by atoms with Crippen LogP contribution in [0.2, 0.25) is 0 Å². The summed E-state index contributed by atoms with van der Waals surface area (Å²) in [5.74, 6) is 6.53. The smallest absolute Gasteiger partial charge is 0.323 e. The number of rotatable bonds is 5. The van der Waals surface area contributed by atoms with Crippen molar-refractivity contribution in [1.29, 1.82) is 0 Å². The van der Waals surface area contributed by atoms with Gasteiger partial charge in [-0.05, 0) is 54.9 Å². The number of carbonyl (C=O) groups is 2. The van der Waals surface area contributed by atoms with Crippen LogP contribution in [-0.2, 0) is 19.1 Å². The van der Waals surface area contributed by atoms with Gasteiger partial charge in [-0.1, -0.05) is 62.9 Å². The molecule has 2 saturated carbocycles. The molecule has 0 spiro atoms. The van der Waals surface area contributed by atoms with Crippen LogP contribution in [0, 0.1) is 39.9 Å². The van der Waals surface area contributed by atoms with Crippen LogP contribution >= 0.6 is 0 Å². The van der Waals surface area contributed by atoms with E-state index in [0.717, 1.165) is 12.2 Å². The third kappa shape index (κ3) is 3.88. The summed E-state index contributed by atoms with van der Waals surface area (Å²) in [5, 5.41) is 3.77. The second kappa shape index (κ2) is 9.26. The Hall–Kier alpha value is -2.36. The van der Waals surface area contributed by atoms with Gasteiger partial charge in [0.1, 0.15) is 0 Å². The van der Waals surface area contributed by atoms with Gasteiger partial charge in [-0.15, -0.1) is 0 Å². The maximum atomic E-state index is 12.4. The number of methoxy groups -OCH3 is 2. The van der Waals surface area contributed by atoms with Crippen LogP contribution in [0.25, 0.3) is 0 Å². The van der Waals surface area contributed by atoms with Gasteiger partial charge in [-0.2, -0.15) is 0 Å². The predicted molar refractivity (Wildman–Crippen MR) is 135 cm³/mol. The lowest BCUT2D eigenvalue weighted by atomic mass is 9.64. The number of hydrogen-bond donors (Lipinski definition) is 1. The first-order valence-corrected chi connectivity index (χ1v) is 12.7. The van der Waals surface area contributed by atoms with E-state index in [1.54, 1.807) is 0 Å². The van der Waals surface area contributed by atoms with Crippen molar-refractivity contribution < 1.29 is 19.1 Å². The summed E-state index contributed by atoms with van der Waals surface area (Å²) in [4.78, 5) is 27.4. The maximum absolute atomic E-state index is 12.4. The zero-order valence-electron chi connectivity index (χ0n) is 22.2. The number of nitrogens with one attached hydrogen (secondary N) is 1. The Morgan fingerprint density at radius 2 is 1.80 bits per heavy atom. The molecule has 4 rings (SSSR count). The van der Waals surface area contributed by atoms with E-state index in [1.807, 2.05) is 18.2 Å². The monoisotopic (exact) mass is 480 g/mol. The summed E-state index contributed by atoms with van der Waals surface area (Å²) < 4.78 is 9.81. The van der Waals surface area contributed by atoms with Crippen molar-refractivity contribution in [2.75, 3.05) is 20.9 Å². The number of hydrogen-bond acceptors (Lipinski definition) is 6. The van der Waals surface area contributed by atoms with Crippen molar-refractivity contribution >= 4 is 11.9 Å². The molecule has 1 aromatic carbocycles. The van der Waals surface area contributed by atoms with E-state index in [-0.39, 0.29) is 23.3 Å². The zero-order valence-corrected chi connectivity index (χ0v) is 22.2. The van der Waals surface area contributed by atoms with E-state index in [9.17, 15) is 9.59 Å². The Morgan fingerprint density at radius 3 is 2.40 bits per heavy atom. The van der Waals surface area contributed by atoms with Crippen molar-refractivity contribution in [2.45, 2.75) is 72.0 Å². The Bertz CT molecular complexity index is 1010. The van der Waals surface area contributed by atoms with Gasteiger partial charge in [0, 0.05) is 18.5 Å². The van der Waals surface area contributed by atoms with Gasteiger partial charge in [0.15, 0.2) is 5.41 Å². The second-order valence-corrected chi connectivity index (χ2v) is 11.6. The average Bonchev–Trinajstić information content (AvgIpc) is 3.19. The first-order valence-electron chi connectivity index (χ1n) is 12.7. The molecule has 3 fully saturated rings. The topological polar surface area (TPSA) is 67.9 Å². The molecule has 3 aliphatic rings. The van der Waals surface area contributed by atoms with E-state index in [4.69, 9.17) is 9.47 Å². The molecule has 1 saturated heterocycles. The van der Waals surface area contributed by atoms with Gasteiger partial charge >= 0.3 is 11.9 Å². The molecule has 2 aliphatic carbocycles. The highest BCUT2D eigenvalue weighted by Gasteiger charge is 2.69. The normalized spacial score (nSPS) is 32.2. The van der Waals surface area contributed by atoms with Crippen molar-refractivity contribution in [2.24, 2.45) is 28.1 Å². The fourth-order valence-electron chi connectivity index (χ4n) is 7.41. The van der Waals surface area contributed by atoms with Crippen LogP contribution in [-0.4, -0.2) is 49.8 Å². The third-order valence-electron chi connectivity index (χ3n) is 9.81. The molecule has 35 heavy (non-hydrogen) atoms. The lowest BCUT2D eigenvalue weighted by Crippen LogP contribution is -2.62. The van der Waals surface area contributed by atoms with Crippen LogP contribution in [0.4, 0.5) is 0 Å². The molecule has 1 heterocycles. The Labute approximate surface area is 210 Å². The highest BCUT2D eigenvalue weighted by molar-refractivity contribution is 5.99. The first kappa shape index (κ1) is 25.7. The number of ether oxygens (including phenoxy) is 2. The summed E-state index contributed by atoms with van der Waals surface area (Å²) in [6.07, 6.45) is 2.55.